The molecular weight excluding hydrogens is 304 g/mol. The molecule has 0 saturated carbocycles. The molecule has 0 aromatic heterocycles. The molecule has 0 unspecified atom stereocenters. The first-order valence-electron chi connectivity index (χ1n) is 7.34. The lowest BCUT2D eigenvalue weighted by molar-refractivity contribution is 0.242. The maximum atomic E-state index is 12.2. The van der Waals surface area contributed by atoms with E-state index in [-0.39, 0.29) is 4.90 Å². The van der Waals surface area contributed by atoms with Crippen molar-refractivity contribution >= 4 is 9.84 Å². The average Bonchev–Trinajstić information content (AvgIpc) is 2.51. The zero-order valence-electron chi connectivity index (χ0n) is 13.4. The highest BCUT2D eigenvalue weighted by Gasteiger charge is 2.23. The molecule has 0 aliphatic carbocycles. The Morgan fingerprint density at radius 1 is 1.14 bits per heavy atom. The number of benzene rings is 1. The van der Waals surface area contributed by atoms with Crippen molar-refractivity contribution in [1.29, 1.82) is 0 Å². The Balaban J connectivity index is 2.33. The fraction of sp³-hybridized carbons (Fsp3) is 0.600. The van der Waals surface area contributed by atoms with Gasteiger partial charge < -0.3 is 19.7 Å². The van der Waals surface area contributed by atoms with Gasteiger partial charge in [-0.15, -0.1) is 0 Å². The van der Waals surface area contributed by atoms with Crippen molar-refractivity contribution in [2.24, 2.45) is 0 Å². The zero-order chi connectivity index (χ0) is 16.2. The Kier molecular flexibility index (Phi) is 5.66. The second-order valence-corrected chi connectivity index (χ2v) is 7.34. The van der Waals surface area contributed by atoms with Crippen LogP contribution in [0.3, 0.4) is 0 Å². The van der Waals surface area contributed by atoms with Gasteiger partial charge in [0.1, 0.15) is 16.4 Å². The maximum Gasteiger partial charge on any atom is 0.179 e. The summed E-state index contributed by atoms with van der Waals surface area (Å²) in [6.45, 7) is 4.68. The SMILES string of the molecule is COc1ccc(OC)c(S(C)(=O)=O)c1CCN1CCNCC1. The molecule has 124 valence electrons. The first-order valence-corrected chi connectivity index (χ1v) is 9.23. The van der Waals surface area contributed by atoms with Crippen LogP contribution in [0.2, 0.25) is 0 Å². The minimum atomic E-state index is -3.40. The average molecular weight is 328 g/mol. The third-order valence-electron chi connectivity index (χ3n) is 3.88. The predicted octanol–water partition coefficient (Wildman–Crippen LogP) is 0.555. The van der Waals surface area contributed by atoms with Crippen LogP contribution in [-0.4, -0.2) is 66.5 Å². The number of hydrogen-bond donors (Lipinski definition) is 1. The van der Waals surface area contributed by atoms with Crippen molar-refractivity contribution in [2.45, 2.75) is 11.3 Å². The third-order valence-corrected chi connectivity index (χ3v) is 5.07. The summed E-state index contributed by atoms with van der Waals surface area (Å²) in [5, 5.41) is 3.31. The molecule has 1 aliphatic rings. The molecule has 1 fully saturated rings. The van der Waals surface area contributed by atoms with Gasteiger partial charge in [0.05, 0.1) is 14.2 Å². The lowest BCUT2D eigenvalue weighted by Gasteiger charge is -2.27. The Bertz CT molecular complexity index is 610. The van der Waals surface area contributed by atoms with E-state index in [0.29, 0.717) is 23.5 Å². The smallest absolute Gasteiger partial charge is 0.179 e. The second-order valence-electron chi connectivity index (χ2n) is 5.39. The highest BCUT2D eigenvalue weighted by Crippen LogP contribution is 2.34. The summed E-state index contributed by atoms with van der Waals surface area (Å²) in [5.74, 6) is 0.968. The van der Waals surface area contributed by atoms with Crippen LogP contribution in [0.15, 0.2) is 17.0 Å². The van der Waals surface area contributed by atoms with E-state index < -0.39 is 9.84 Å². The van der Waals surface area contributed by atoms with E-state index in [1.165, 1.54) is 13.4 Å². The van der Waals surface area contributed by atoms with Crippen molar-refractivity contribution in [3.8, 4) is 11.5 Å². The topological polar surface area (TPSA) is 67.9 Å². The van der Waals surface area contributed by atoms with Gasteiger partial charge in [-0.05, 0) is 18.6 Å². The number of methoxy groups -OCH3 is 2. The quantitative estimate of drug-likeness (QED) is 0.823. The number of nitrogens with one attached hydrogen (secondary N) is 1. The van der Waals surface area contributed by atoms with E-state index >= 15 is 0 Å². The molecule has 1 aromatic rings. The highest BCUT2D eigenvalue weighted by atomic mass is 32.2. The number of rotatable bonds is 6. The molecule has 0 radical (unpaired) electrons. The molecule has 1 heterocycles. The molecule has 1 aromatic carbocycles. The molecule has 0 bridgehead atoms. The van der Waals surface area contributed by atoms with Crippen LogP contribution < -0.4 is 14.8 Å². The molecule has 22 heavy (non-hydrogen) atoms. The van der Waals surface area contributed by atoms with E-state index in [4.69, 9.17) is 9.47 Å². The van der Waals surface area contributed by atoms with Crippen molar-refractivity contribution in [3.63, 3.8) is 0 Å². The molecule has 0 spiro atoms. The lowest BCUT2D eigenvalue weighted by atomic mass is 10.1. The van der Waals surface area contributed by atoms with Crippen LogP contribution in [0.4, 0.5) is 0 Å². The van der Waals surface area contributed by atoms with E-state index in [9.17, 15) is 8.42 Å². The summed E-state index contributed by atoms with van der Waals surface area (Å²) >= 11 is 0. The first kappa shape index (κ1) is 17.1. The second kappa shape index (κ2) is 7.30. The van der Waals surface area contributed by atoms with Crippen molar-refractivity contribution < 1.29 is 17.9 Å². The van der Waals surface area contributed by atoms with Gasteiger partial charge in [-0.2, -0.15) is 0 Å². The van der Waals surface area contributed by atoms with E-state index in [0.717, 1.165) is 32.7 Å². The molecule has 6 nitrogen and oxygen atoms in total. The van der Waals surface area contributed by atoms with Crippen molar-refractivity contribution in [2.75, 3.05) is 53.2 Å². The maximum absolute atomic E-state index is 12.2. The van der Waals surface area contributed by atoms with Gasteiger partial charge in [0.25, 0.3) is 0 Å². The summed E-state index contributed by atoms with van der Waals surface area (Å²) in [6, 6.07) is 3.41. The van der Waals surface area contributed by atoms with Gasteiger partial charge in [-0.1, -0.05) is 0 Å². The number of nitrogens with zero attached hydrogens (tertiary/aromatic N) is 1. The van der Waals surface area contributed by atoms with Gasteiger partial charge >= 0.3 is 0 Å². The Morgan fingerprint density at radius 2 is 1.73 bits per heavy atom. The molecule has 1 saturated heterocycles. The Labute approximate surface area is 132 Å². The highest BCUT2D eigenvalue weighted by molar-refractivity contribution is 7.90. The van der Waals surface area contributed by atoms with Gasteiger partial charge in [0.2, 0.25) is 0 Å². The Hall–Kier alpha value is -1.31. The molecular formula is C15H24N2O4S. The minimum Gasteiger partial charge on any atom is -0.496 e. The van der Waals surface area contributed by atoms with Gasteiger partial charge in [-0.3, -0.25) is 0 Å². The molecule has 0 atom stereocenters. The molecule has 2 rings (SSSR count). The summed E-state index contributed by atoms with van der Waals surface area (Å²) in [7, 11) is -0.357. The minimum absolute atomic E-state index is 0.240. The number of piperazine rings is 1. The van der Waals surface area contributed by atoms with Gasteiger partial charge in [0.15, 0.2) is 9.84 Å². The van der Waals surface area contributed by atoms with E-state index in [1.54, 1.807) is 19.2 Å². The summed E-state index contributed by atoms with van der Waals surface area (Å²) in [6.07, 6.45) is 1.82. The normalized spacial score (nSPS) is 16.5. The van der Waals surface area contributed by atoms with Crippen molar-refractivity contribution in [1.82, 2.24) is 10.2 Å². The molecule has 0 amide bonds. The zero-order valence-corrected chi connectivity index (χ0v) is 14.2. The summed E-state index contributed by atoms with van der Waals surface area (Å²) < 4.78 is 35.0. The van der Waals surface area contributed by atoms with Crippen LogP contribution in [0.1, 0.15) is 5.56 Å². The Morgan fingerprint density at radius 3 is 2.27 bits per heavy atom. The van der Waals surface area contributed by atoms with Crippen LogP contribution in [0.5, 0.6) is 11.5 Å². The fourth-order valence-electron chi connectivity index (χ4n) is 2.79. The fourth-order valence-corrected chi connectivity index (χ4v) is 3.96. The molecule has 1 aliphatic heterocycles. The lowest BCUT2D eigenvalue weighted by Crippen LogP contribution is -2.44. The third kappa shape index (κ3) is 3.91. The summed E-state index contributed by atoms with van der Waals surface area (Å²) in [4.78, 5) is 2.56. The molecule has 7 heteroatoms. The first-order chi connectivity index (χ1) is 10.5. The number of ether oxygens (including phenoxy) is 2. The standard InChI is InChI=1S/C15H24N2O4S/c1-20-13-4-5-14(21-2)15(22(3,18)19)12(13)6-9-17-10-7-16-8-11-17/h4-5,16H,6-11H2,1-3H3. The number of hydrogen-bond acceptors (Lipinski definition) is 6. The van der Waals surface area contributed by atoms with E-state index in [1.807, 2.05) is 0 Å². The van der Waals surface area contributed by atoms with Gasteiger partial charge in [0, 0.05) is 44.5 Å². The van der Waals surface area contributed by atoms with Crippen LogP contribution in [0.25, 0.3) is 0 Å². The molecule has 1 N–H and O–H groups in total. The van der Waals surface area contributed by atoms with Crippen LogP contribution in [-0.2, 0) is 16.3 Å². The van der Waals surface area contributed by atoms with Gasteiger partial charge in [-0.25, -0.2) is 8.42 Å². The predicted molar refractivity (Wildman–Crippen MR) is 85.7 cm³/mol. The number of sulfone groups is 1. The summed E-state index contributed by atoms with van der Waals surface area (Å²) in [5.41, 5.74) is 0.697. The van der Waals surface area contributed by atoms with Crippen LogP contribution in [0, 0.1) is 0 Å². The van der Waals surface area contributed by atoms with E-state index in [2.05, 4.69) is 10.2 Å². The van der Waals surface area contributed by atoms with Crippen molar-refractivity contribution in [3.05, 3.63) is 17.7 Å². The monoisotopic (exact) mass is 328 g/mol. The largest absolute Gasteiger partial charge is 0.496 e. The van der Waals surface area contributed by atoms with Crippen LogP contribution >= 0.6 is 0 Å².